The molecule has 0 saturated heterocycles. The lowest BCUT2D eigenvalue weighted by Crippen LogP contribution is -2.27. The molecule has 4 nitrogen and oxygen atoms in total. The van der Waals surface area contributed by atoms with Crippen molar-refractivity contribution in [3.63, 3.8) is 0 Å². The Morgan fingerprint density at radius 2 is 1.57 bits per heavy atom. The van der Waals surface area contributed by atoms with Crippen LogP contribution >= 0.6 is 0 Å². The van der Waals surface area contributed by atoms with Crippen LogP contribution in [0.1, 0.15) is 23.7 Å². The van der Waals surface area contributed by atoms with E-state index >= 15 is 0 Å². The molecule has 3 aromatic carbocycles. The Kier molecular flexibility index (Phi) is 5.79. The summed E-state index contributed by atoms with van der Waals surface area (Å²) in [4.78, 5) is 0. The first-order valence-corrected chi connectivity index (χ1v) is 9.92. The van der Waals surface area contributed by atoms with Crippen molar-refractivity contribution in [2.75, 3.05) is 6.61 Å². The molecule has 1 aromatic heterocycles. The average molecular weight is 398 g/mol. The lowest BCUT2D eigenvalue weighted by molar-refractivity contribution is -0.0435. The summed E-state index contributed by atoms with van der Waals surface area (Å²) in [5, 5.41) is 14.9. The minimum atomic E-state index is -1.07. The van der Waals surface area contributed by atoms with Crippen LogP contribution in [0.25, 0.3) is 22.5 Å². The Morgan fingerprint density at radius 3 is 2.27 bits per heavy atom. The average Bonchev–Trinajstić information content (AvgIpc) is 3.15. The van der Waals surface area contributed by atoms with Crippen molar-refractivity contribution in [2.45, 2.75) is 26.1 Å². The third-order valence-corrected chi connectivity index (χ3v) is 5.21. The second-order valence-electron chi connectivity index (χ2n) is 7.57. The minimum absolute atomic E-state index is 0.172. The van der Waals surface area contributed by atoms with Crippen LogP contribution in [0.15, 0.2) is 83.4 Å². The van der Waals surface area contributed by atoms with Gasteiger partial charge in [-0.3, -0.25) is 0 Å². The molecule has 4 heteroatoms. The number of ether oxygens (including phenoxy) is 1. The molecule has 30 heavy (non-hydrogen) atoms. The van der Waals surface area contributed by atoms with Gasteiger partial charge in [-0.05, 0) is 36.6 Å². The highest BCUT2D eigenvalue weighted by Crippen LogP contribution is 2.30. The van der Waals surface area contributed by atoms with E-state index in [0.29, 0.717) is 12.4 Å². The molecule has 0 aliphatic heterocycles. The summed E-state index contributed by atoms with van der Waals surface area (Å²) in [6, 6.07) is 28.6. The van der Waals surface area contributed by atoms with Crippen molar-refractivity contribution < 1.29 is 14.4 Å². The van der Waals surface area contributed by atoms with Gasteiger partial charge in [-0.2, -0.15) is 0 Å². The van der Waals surface area contributed by atoms with Crippen LogP contribution in [0.3, 0.4) is 0 Å². The Labute approximate surface area is 176 Å². The van der Waals surface area contributed by atoms with E-state index in [1.165, 1.54) is 0 Å². The molecule has 1 radical (unpaired) electrons. The molecule has 1 atom stereocenters. The maximum atomic E-state index is 10.7. The molecule has 4 aromatic rings. The predicted octanol–water partition coefficient (Wildman–Crippen LogP) is 5.54. The first-order valence-electron chi connectivity index (χ1n) is 9.92. The third kappa shape index (κ3) is 4.35. The highest BCUT2D eigenvalue weighted by molar-refractivity contribution is 5.69. The summed E-state index contributed by atoms with van der Waals surface area (Å²) in [6.07, 6.45) is 0. The Bertz CT molecular complexity index is 1080. The molecule has 1 heterocycles. The van der Waals surface area contributed by atoms with Gasteiger partial charge in [0.1, 0.15) is 5.60 Å². The minimum Gasteiger partial charge on any atom is -0.383 e. The van der Waals surface area contributed by atoms with Gasteiger partial charge < -0.3 is 14.4 Å². The highest BCUT2D eigenvalue weighted by Gasteiger charge is 2.24. The smallest absolute Gasteiger partial charge is 0.172 e. The van der Waals surface area contributed by atoms with Crippen molar-refractivity contribution >= 4 is 0 Å². The molecule has 0 aliphatic rings. The Balaban J connectivity index is 1.48. The van der Waals surface area contributed by atoms with Gasteiger partial charge in [-0.15, -0.1) is 0 Å². The zero-order chi connectivity index (χ0) is 21.0. The molecular weight excluding hydrogens is 374 g/mol. The van der Waals surface area contributed by atoms with Crippen LogP contribution in [-0.4, -0.2) is 16.9 Å². The fourth-order valence-electron chi connectivity index (χ4n) is 3.41. The molecule has 0 amide bonds. The Morgan fingerprint density at radius 1 is 0.933 bits per heavy atom. The SMILES string of the molecule is Cc1noc(-c2ccc(-c3cc[c]cc3)cc2)c1COCC(C)(O)c1ccccc1. The van der Waals surface area contributed by atoms with E-state index in [4.69, 9.17) is 9.26 Å². The molecular formula is C26H24NO3. The van der Waals surface area contributed by atoms with Crippen molar-refractivity contribution in [1.82, 2.24) is 5.16 Å². The molecule has 0 spiro atoms. The number of rotatable bonds is 7. The van der Waals surface area contributed by atoms with Crippen molar-refractivity contribution in [3.05, 3.63) is 102 Å². The fourth-order valence-corrected chi connectivity index (χ4v) is 3.41. The van der Waals surface area contributed by atoms with Crippen LogP contribution in [0.5, 0.6) is 0 Å². The fraction of sp³-hybridized carbons (Fsp3) is 0.192. The van der Waals surface area contributed by atoms with Gasteiger partial charge in [-0.1, -0.05) is 84.0 Å². The van der Waals surface area contributed by atoms with Crippen molar-refractivity contribution in [3.8, 4) is 22.5 Å². The quantitative estimate of drug-likeness (QED) is 0.444. The monoisotopic (exact) mass is 398 g/mol. The van der Waals surface area contributed by atoms with E-state index in [0.717, 1.165) is 33.5 Å². The Hall–Kier alpha value is -3.21. The van der Waals surface area contributed by atoms with E-state index < -0.39 is 5.60 Å². The molecule has 0 fully saturated rings. The van der Waals surface area contributed by atoms with Gasteiger partial charge in [0.25, 0.3) is 0 Å². The van der Waals surface area contributed by atoms with Gasteiger partial charge in [0.05, 0.1) is 18.9 Å². The normalized spacial score (nSPS) is 13.2. The first-order chi connectivity index (χ1) is 14.5. The summed E-state index contributed by atoms with van der Waals surface area (Å²) in [6.45, 7) is 4.13. The van der Waals surface area contributed by atoms with E-state index in [2.05, 4.69) is 23.4 Å². The second kappa shape index (κ2) is 8.66. The number of aromatic nitrogens is 1. The van der Waals surface area contributed by atoms with Crippen LogP contribution in [0.2, 0.25) is 0 Å². The zero-order valence-electron chi connectivity index (χ0n) is 17.1. The summed E-state index contributed by atoms with van der Waals surface area (Å²) >= 11 is 0. The first kappa shape index (κ1) is 20.1. The number of aliphatic hydroxyl groups is 1. The van der Waals surface area contributed by atoms with Crippen LogP contribution < -0.4 is 0 Å². The molecule has 151 valence electrons. The number of aryl methyl sites for hydroxylation is 1. The number of benzene rings is 3. The third-order valence-electron chi connectivity index (χ3n) is 5.21. The summed E-state index contributed by atoms with van der Waals surface area (Å²) in [5.41, 5.74) is 4.63. The molecule has 4 rings (SSSR count). The summed E-state index contributed by atoms with van der Waals surface area (Å²) in [7, 11) is 0. The molecule has 0 bridgehead atoms. The van der Waals surface area contributed by atoms with E-state index in [1.807, 2.05) is 73.7 Å². The van der Waals surface area contributed by atoms with Gasteiger partial charge in [0.2, 0.25) is 0 Å². The molecule has 0 saturated carbocycles. The zero-order valence-corrected chi connectivity index (χ0v) is 17.1. The topological polar surface area (TPSA) is 55.5 Å². The number of hydrogen-bond acceptors (Lipinski definition) is 4. The number of nitrogens with zero attached hydrogens (tertiary/aromatic N) is 1. The van der Waals surface area contributed by atoms with Gasteiger partial charge in [0, 0.05) is 11.1 Å². The van der Waals surface area contributed by atoms with Gasteiger partial charge >= 0.3 is 0 Å². The van der Waals surface area contributed by atoms with Crippen LogP contribution in [-0.2, 0) is 16.9 Å². The maximum absolute atomic E-state index is 10.7. The predicted molar refractivity (Wildman–Crippen MR) is 117 cm³/mol. The van der Waals surface area contributed by atoms with Crippen LogP contribution in [0.4, 0.5) is 0 Å². The van der Waals surface area contributed by atoms with Crippen molar-refractivity contribution in [1.29, 1.82) is 0 Å². The van der Waals surface area contributed by atoms with E-state index in [-0.39, 0.29) is 6.61 Å². The summed E-state index contributed by atoms with van der Waals surface area (Å²) < 4.78 is 11.5. The van der Waals surface area contributed by atoms with E-state index in [9.17, 15) is 5.11 Å². The second-order valence-corrected chi connectivity index (χ2v) is 7.57. The highest BCUT2D eigenvalue weighted by atomic mass is 16.5. The molecule has 0 aliphatic carbocycles. The molecule has 1 N–H and O–H groups in total. The summed E-state index contributed by atoms with van der Waals surface area (Å²) in [5.74, 6) is 0.694. The standard InChI is InChI=1S/C26H24NO3/c1-19-24(17-29-18-26(2,28)23-11-7-4-8-12-23)25(30-27-19)22-15-13-21(14-16-22)20-9-5-3-6-10-20/h4-16,28H,17-18H2,1-2H3. The van der Waals surface area contributed by atoms with Crippen molar-refractivity contribution in [2.24, 2.45) is 0 Å². The van der Waals surface area contributed by atoms with Gasteiger partial charge in [-0.25, -0.2) is 0 Å². The van der Waals surface area contributed by atoms with Gasteiger partial charge in [0.15, 0.2) is 5.76 Å². The lowest BCUT2D eigenvalue weighted by atomic mass is 9.97. The lowest BCUT2D eigenvalue weighted by Gasteiger charge is -2.23. The maximum Gasteiger partial charge on any atom is 0.172 e. The van der Waals surface area contributed by atoms with E-state index in [1.54, 1.807) is 6.92 Å². The largest absolute Gasteiger partial charge is 0.383 e. The molecule has 1 unspecified atom stereocenters. The number of hydrogen-bond donors (Lipinski definition) is 1. The van der Waals surface area contributed by atoms with Crippen LogP contribution in [0, 0.1) is 13.0 Å².